The molecular formula is C26H26ClN4O4+. The number of aromatic nitrogens is 1. The predicted octanol–water partition coefficient (Wildman–Crippen LogP) is 4.01. The third kappa shape index (κ3) is 4.20. The first-order valence-corrected chi connectivity index (χ1v) is 11.7. The topological polar surface area (TPSA) is 95.7 Å². The number of aryl methyl sites for hydroxylation is 1. The minimum absolute atomic E-state index is 0.121. The maximum atomic E-state index is 13.7. The molecule has 9 heteroatoms. The molecule has 180 valence electrons. The van der Waals surface area contributed by atoms with Gasteiger partial charge < -0.3 is 19.1 Å². The number of carbonyl (C=O) groups excluding carboxylic acids is 1. The van der Waals surface area contributed by atoms with Crippen molar-refractivity contribution in [3.63, 3.8) is 0 Å². The Balaban J connectivity index is 1.43. The number of quaternary nitrogens is 1. The Kier molecular flexibility index (Phi) is 6.34. The molecule has 4 aromatic rings. The number of piperazine rings is 1. The molecule has 1 aliphatic heterocycles. The highest BCUT2D eigenvalue weighted by molar-refractivity contribution is 6.33. The first kappa shape index (κ1) is 23.2. The average molecular weight is 494 g/mol. The molecule has 8 nitrogen and oxygen atoms in total. The number of rotatable bonds is 5. The average Bonchev–Trinajstić information content (AvgIpc) is 3.28. The van der Waals surface area contributed by atoms with Crippen LogP contribution in [-0.4, -0.2) is 54.5 Å². The van der Waals surface area contributed by atoms with Crippen LogP contribution in [0.4, 0.5) is 11.4 Å². The summed E-state index contributed by atoms with van der Waals surface area (Å²) in [4.78, 5) is 17.7. The van der Waals surface area contributed by atoms with E-state index in [9.17, 15) is 10.0 Å². The summed E-state index contributed by atoms with van der Waals surface area (Å²) < 4.78 is 11.2. The van der Waals surface area contributed by atoms with Crippen molar-refractivity contribution in [2.75, 3.05) is 38.2 Å². The van der Waals surface area contributed by atoms with Crippen LogP contribution >= 0.6 is 11.6 Å². The zero-order valence-electron chi connectivity index (χ0n) is 19.5. The first-order valence-electron chi connectivity index (χ1n) is 11.4. The predicted molar refractivity (Wildman–Crippen MR) is 134 cm³/mol. The monoisotopic (exact) mass is 493 g/mol. The minimum Gasteiger partial charge on any atom is -0.496 e. The third-order valence-electron chi connectivity index (χ3n) is 6.45. The van der Waals surface area contributed by atoms with E-state index in [1.165, 1.54) is 0 Å². The molecule has 0 radical (unpaired) electrons. The first-order chi connectivity index (χ1) is 17.0. The van der Waals surface area contributed by atoms with Gasteiger partial charge in [0.05, 0.1) is 23.4 Å². The van der Waals surface area contributed by atoms with Gasteiger partial charge in [-0.05, 0) is 29.8 Å². The Bertz CT molecular complexity index is 1400. The van der Waals surface area contributed by atoms with E-state index in [1.54, 1.807) is 20.1 Å². The number of anilines is 1. The summed E-state index contributed by atoms with van der Waals surface area (Å²) in [6.07, 6.45) is 0. The van der Waals surface area contributed by atoms with Gasteiger partial charge in [-0.3, -0.25) is 4.79 Å². The molecule has 1 aliphatic rings. The maximum absolute atomic E-state index is 13.7. The van der Waals surface area contributed by atoms with Crippen LogP contribution < -0.4 is 15.1 Å². The molecule has 0 unspecified atom stereocenters. The van der Waals surface area contributed by atoms with Crippen molar-refractivity contribution in [2.24, 2.45) is 0 Å². The van der Waals surface area contributed by atoms with E-state index < -0.39 is 0 Å². The van der Waals surface area contributed by atoms with Crippen molar-refractivity contribution in [2.45, 2.75) is 6.92 Å². The van der Waals surface area contributed by atoms with Gasteiger partial charge in [0, 0.05) is 38.3 Å². The van der Waals surface area contributed by atoms with Gasteiger partial charge in [-0.15, -0.1) is 0 Å². The van der Waals surface area contributed by atoms with Gasteiger partial charge in [0.25, 0.3) is 5.91 Å². The summed E-state index contributed by atoms with van der Waals surface area (Å²) in [6, 6.07) is 17.2. The molecule has 0 atom stereocenters. The highest BCUT2D eigenvalue weighted by Crippen LogP contribution is 2.39. The number of hydrogen-bond donors (Lipinski definition) is 2. The second kappa shape index (κ2) is 9.58. The molecule has 3 N–H and O–H groups in total. The van der Waals surface area contributed by atoms with Gasteiger partial charge in [0.1, 0.15) is 22.8 Å². The molecule has 1 saturated heterocycles. The molecule has 0 spiro atoms. The van der Waals surface area contributed by atoms with Gasteiger partial charge in [-0.2, -0.15) is 5.48 Å². The van der Waals surface area contributed by atoms with Gasteiger partial charge in [0.15, 0.2) is 5.69 Å². The number of fused-ring (bicyclic) bond motifs is 1. The molecule has 35 heavy (non-hydrogen) atoms. The normalized spacial score (nSPS) is 13.9. The van der Waals surface area contributed by atoms with Gasteiger partial charge in [0.2, 0.25) is 0 Å². The lowest BCUT2D eigenvalue weighted by Gasteiger charge is -2.36. The number of ether oxygens (including phenoxy) is 1. The largest absolute Gasteiger partial charge is 0.496 e. The maximum Gasteiger partial charge on any atom is 0.259 e. The van der Waals surface area contributed by atoms with Crippen LogP contribution in [0.25, 0.3) is 22.0 Å². The zero-order chi connectivity index (χ0) is 24.5. The number of hydrogen-bond acceptors (Lipinski definition) is 6. The highest BCUT2D eigenvalue weighted by atomic mass is 35.5. The number of nitrogens with zero attached hydrogens (tertiary/aromatic N) is 3. The Morgan fingerprint density at radius 3 is 2.60 bits per heavy atom. The van der Waals surface area contributed by atoms with Crippen LogP contribution in [-0.2, 0) is 0 Å². The lowest BCUT2D eigenvalue weighted by atomic mass is 9.97. The van der Waals surface area contributed by atoms with Crippen molar-refractivity contribution in [1.82, 2.24) is 10.1 Å². The second-order valence-electron chi connectivity index (χ2n) is 8.45. The van der Waals surface area contributed by atoms with E-state index in [-0.39, 0.29) is 5.91 Å². The van der Waals surface area contributed by atoms with Crippen LogP contribution in [0.3, 0.4) is 0 Å². The SMILES string of the molecule is COc1ccc2ccccc2c1-c1noc(C)c1C(=O)N1CCN(c2ccc([NH2+]O)cc2Cl)CC1. The summed E-state index contributed by atoms with van der Waals surface area (Å²) >= 11 is 6.42. The number of halogens is 1. The van der Waals surface area contributed by atoms with Crippen LogP contribution in [0.5, 0.6) is 5.75 Å². The Morgan fingerprint density at radius 2 is 1.89 bits per heavy atom. The Labute approximate surface area is 207 Å². The number of nitrogens with two attached hydrogens (primary N) is 1. The molecule has 1 fully saturated rings. The zero-order valence-corrected chi connectivity index (χ0v) is 20.2. The van der Waals surface area contributed by atoms with E-state index in [2.05, 4.69) is 10.1 Å². The third-order valence-corrected chi connectivity index (χ3v) is 6.76. The second-order valence-corrected chi connectivity index (χ2v) is 8.85. The molecule has 1 amide bonds. The number of methoxy groups -OCH3 is 1. The standard InChI is InChI=1S/C26H25ClN4O4/c1-16-23(25(29-35-16)24-19-6-4-3-5-17(19)7-10-22(24)34-2)26(32)31-13-11-30(12-14-31)21-9-8-18(28-33)15-20(21)27/h3-10,15,28,33H,11-14H2,1-2H3/p+1. The van der Waals surface area contributed by atoms with Crippen molar-refractivity contribution < 1.29 is 24.7 Å². The van der Waals surface area contributed by atoms with Gasteiger partial charge in [-0.25, -0.2) is 5.21 Å². The Morgan fingerprint density at radius 1 is 1.11 bits per heavy atom. The molecule has 0 bridgehead atoms. The quantitative estimate of drug-likeness (QED) is 0.322. The van der Waals surface area contributed by atoms with Crippen LogP contribution in [0.2, 0.25) is 5.02 Å². The van der Waals surface area contributed by atoms with E-state index in [0.29, 0.717) is 59.7 Å². The Hall–Kier alpha value is -3.59. The molecule has 3 aromatic carbocycles. The summed E-state index contributed by atoms with van der Waals surface area (Å²) in [6.45, 7) is 4.08. The van der Waals surface area contributed by atoms with Gasteiger partial charge in [-0.1, -0.05) is 47.1 Å². The fourth-order valence-corrected chi connectivity index (χ4v) is 4.94. The van der Waals surface area contributed by atoms with Gasteiger partial charge >= 0.3 is 0 Å². The van der Waals surface area contributed by atoms with Crippen molar-refractivity contribution in [3.05, 3.63) is 70.9 Å². The molecule has 0 saturated carbocycles. The smallest absolute Gasteiger partial charge is 0.259 e. The van der Waals surface area contributed by atoms with Crippen LogP contribution in [0, 0.1) is 6.92 Å². The summed E-state index contributed by atoms with van der Waals surface area (Å²) in [7, 11) is 1.61. The molecular weight excluding hydrogens is 468 g/mol. The van der Waals surface area contributed by atoms with Crippen LogP contribution in [0.1, 0.15) is 16.1 Å². The summed E-state index contributed by atoms with van der Waals surface area (Å²) in [5, 5.41) is 16.0. The summed E-state index contributed by atoms with van der Waals surface area (Å²) in [5.41, 5.74) is 4.24. The number of amides is 1. The van der Waals surface area contributed by atoms with E-state index in [0.717, 1.165) is 27.5 Å². The number of benzene rings is 3. The van der Waals surface area contributed by atoms with Crippen molar-refractivity contribution in [1.29, 1.82) is 0 Å². The van der Waals surface area contributed by atoms with Crippen molar-refractivity contribution >= 4 is 39.7 Å². The summed E-state index contributed by atoms with van der Waals surface area (Å²) in [5.74, 6) is 0.986. The minimum atomic E-state index is -0.121. The van der Waals surface area contributed by atoms with Crippen molar-refractivity contribution in [3.8, 4) is 17.0 Å². The fourth-order valence-electron chi connectivity index (χ4n) is 4.63. The van der Waals surface area contributed by atoms with Crippen LogP contribution in [0.15, 0.2) is 59.1 Å². The molecule has 1 aromatic heterocycles. The fraction of sp³-hybridized carbons (Fsp3) is 0.231. The molecule has 5 rings (SSSR count). The lowest BCUT2D eigenvalue weighted by molar-refractivity contribution is -0.825. The number of carbonyl (C=O) groups is 1. The van der Waals surface area contributed by atoms with E-state index in [4.69, 9.17) is 20.9 Å². The lowest BCUT2D eigenvalue weighted by Crippen LogP contribution is -2.73. The molecule has 2 heterocycles. The molecule has 0 aliphatic carbocycles. The van der Waals surface area contributed by atoms with E-state index >= 15 is 0 Å². The highest BCUT2D eigenvalue weighted by Gasteiger charge is 2.31. The van der Waals surface area contributed by atoms with E-state index in [1.807, 2.05) is 53.4 Å².